The molecule has 0 amide bonds. The second kappa shape index (κ2) is 7.57. The Morgan fingerprint density at radius 3 is 2.71 bits per heavy atom. The Kier molecular flexibility index (Phi) is 6.37. The average molecular weight is 327 g/mol. The summed E-state index contributed by atoms with van der Waals surface area (Å²) >= 11 is 0. The third kappa shape index (κ3) is 6.74. The predicted octanol–water partition coefficient (Wildman–Crippen LogP) is 1.37. The Morgan fingerprint density at radius 1 is 1.38 bits per heavy atom. The number of halogens is 3. The van der Waals surface area contributed by atoms with E-state index in [1.165, 1.54) is 18.3 Å². The van der Waals surface area contributed by atoms with E-state index in [0.29, 0.717) is 12.4 Å². The van der Waals surface area contributed by atoms with Crippen LogP contribution in [-0.4, -0.2) is 45.9 Å². The van der Waals surface area contributed by atoms with Crippen molar-refractivity contribution in [2.75, 3.05) is 31.6 Å². The molecule has 0 aromatic carbocycles. The van der Waals surface area contributed by atoms with E-state index in [1.807, 2.05) is 6.92 Å². The number of hydrogen-bond acceptors (Lipinski definition) is 5. The van der Waals surface area contributed by atoms with Crippen molar-refractivity contribution in [2.24, 2.45) is 0 Å². The Labute approximate surface area is 120 Å². The van der Waals surface area contributed by atoms with Crippen LogP contribution in [0.3, 0.4) is 0 Å². The van der Waals surface area contributed by atoms with Gasteiger partial charge in [0.2, 0.25) is 10.0 Å². The van der Waals surface area contributed by atoms with Crippen LogP contribution in [0.15, 0.2) is 23.2 Å². The van der Waals surface area contributed by atoms with Gasteiger partial charge in [-0.2, -0.15) is 13.2 Å². The molecule has 1 aromatic heterocycles. The van der Waals surface area contributed by atoms with Crippen LogP contribution in [0, 0.1) is 0 Å². The van der Waals surface area contributed by atoms with Gasteiger partial charge in [0, 0.05) is 25.4 Å². The van der Waals surface area contributed by atoms with Gasteiger partial charge in [-0.1, -0.05) is 0 Å². The first-order chi connectivity index (χ1) is 9.74. The molecule has 0 aliphatic rings. The number of nitrogens with zero attached hydrogens (tertiary/aromatic N) is 1. The van der Waals surface area contributed by atoms with Crippen LogP contribution in [0.5, 0.6) is 0 Å². The van der Waals surface area contributed by atoms with E-state index >= 15 is 0 Å². The van der Waals surface area contributed by atoms with Crippen LogP contribution in [-0.2, 0) is 14.8 Å². The van der Waals surface area contributed by atoms with Crippen LogP contribution in [0.1, 0.15) is 6.92 Å². The maximum absolute atomic E-state index is 11.9. The molecular weight excluding hydrogens is 311 g/mol. The molecule has 1 aromatic rings. The van der Waals surface area contributed by atoms with E-state index in [0.717, 1.165) is 0 Å². The highest BCUT2D eigenvalue weighted by Crippen LogP contribution is 2.14. The molecular formula is C11H16F3N3O3S. The van der Waals surface area contributed by atoms with Crippen molar-refractivity contribution in [3.63, 3.8) is 0 Å². The lowest BCUT2D eigenvalue weighted by molar-refractivity contribution is -0.173. The van der Waals surface area contributed by atoms with Gasteiger partial charge in [0.15, 0.2) is 0 Å². The van der Waals surface area contributed by atoms with Gasteiger partial charge in [-0.25, -0.2) is 18.1 Å². The minimum atomic E-state index is -4.43. The molecule has 1 rings (SSSR count). The van der Waals surface area contributed by atoms with Crippen LogP contribution in [0.25, 0.3) is 0 Å². The highest BCUT2D eigenvalue weighted by Gasteiger charge is 2.27. The zero-order valence-corrected chi connectivity index (χ0v) is 12.1. The summed E-state index contributed by atoms with van der Waals surface area (Å²) in [6.07, 6.45) is -3.10. The summed E-state index contributed by atoms with van der Waals surface area (Å²) in [5.74, 6) is 0.397. The zero-order valence-electron chi connectivity index (χ0n) is 11.3. The van der Waals surface area contributed by atoms with E-state index < -0.39 is 22.8 Å². The Morgan fingerprint density at radius 2 is 2.10 bits per heavy atom. The molecule has 0 saturated carbocycles. The summed E-state index contributed by atoms with van der Waals surface area (Å²) in [7, 11) is -3.81. The summed E-state index contributed by atoms with van der Waals surface area (Å²) in [5.41, 5.74) is 0. The first-order valence-corrected chi connectivity index (χ1v) is 7.57. The number of aromatic nitrogens is 1. The number of pyridine rings is 1. The number of alkyl halides is 3. The van der Waals surface area contributed by atoms with E-state index in [2.05, 4.69) is 19.8 Å². The molecule has 0 atom stereocenters. The minimum absolute atomic E-state index is 0.0238. The molecule has 2 N–H and O–H groups in total. The fraction of sp³-hybridized carbons (Fsp3) is 0.545. The van der Waals surface area contributed by atoms with Gasteiger partial charge in [0.25, 0.3) is 0 Å². The van der Waals surface area contributed by atoms with Gasteiger partial charge in [-0.3, -0.25) is 0 Å². The number of hydrogen-bond donors (Lipinski definition) is 2. The largest absolute Gasteiger partial charge is 0.411 e. The van der Waals surface area contributed by atoms with E-state index in [4.69, 9.17) is 0 Å². The molecule has 21 heavy (non-hydrogen) atoms. The molecule has 0 bridgehead atoms. The lowest BCUT2D eigenvalue weighted by atomic mass is 10.4. The van der Waals surface area contributed by atoms with Crippen molar-refractivity contribution in [3.05, 3.63) is 18.3 Å². The van der Waals surface area contributed by atoms with Crippen molar-refractivity contribution >= 4 is 15.8 Å². The van der Waals surface area contributed by atoms with E-state index in [-0.39, 0.29) is 18.0 Å². The first kappa shape index (κ1) is 17.7. The standard InChI is InChI=1S/C11H16F3N3O3S/c1-2-15-10-7-9(3-4-16-10)21(18,19)17-5-6-20-8-11(12,13)14/h3-4,7,17H,2,5-6,8H2,1H3,(H,15,16). The second-order valence-electron chi connectivity index (χ2n) is 3.97. The molecule has 0 spiro atoms. The zero-order chi connectivity index (χ0) is 15.9. The fourth-order valence-corrected chi connectivity index (χ4v) is 2.40. The van der Waals surface area contributed by atoms with Gasteiger partial charge in [0.05, 0.1) is 11.5 Å². The van der Waals surface area contributed by atoms with Crippen LogP contribution < -0.4 is 10.0 Å². The van der Waals surface area contributed by atoms with Gasteiger partial charge in [0.1, 0.15) is 12.4 Å². The topological polar surface area (TPSA) is 80.3 Å². The highest BCUT2D eigenvalue weighted by atomic mass is 32.2. The Bertz CT molecular complexity index is 549. The molecule has 0 fully saturated rings. The molecule has 1 heterocycles. The molecule has 120 valence electrons. The lowest BCUT2D eigenvalue weighted by Crippen LogP contribution is -2.29. The molecule has 0 aliphatic heterocycles. The van der Waals surface area contributed by atoms with Crippen molar-refractivity contribution in [2.45, 2.75) is 18.0 Å². The smallest absolute Gasteiger partial charge is 0.371 e. The number of rotatable bonds is 8. The van der Waals surface area contributed by atoms with Crippen molar-refractivity contribution in [3.8, 4) is 0 Å². The highest BCUT2D eigenvalue weighted by molar-refractivity contribution is 7.89. The van der Waals surface area contributed by atoms with Crippen molar-refractivity contribution in [1.29, 1.82) is 0 Å². The summed E-state index contributed by atoms with van der Waals surface area (Å²) < 4.78 is 65.7. The van der Waals surface area contributed by atoms with Crippen molar-refractivity contribution < 1.29 is 26.3 Å². The Balaban J connectivity index is 2.52. The quantitative estimate of drug-likeness (QED) is 0.705. The number of ether oxygens (including phenoxy) is 1. The van der Waals surface area contributed by atoms with Crippen molar-refractivity contribution in [1.82, 2.24) is 9.71 Å². The lowest BCUT2D eigenvalue weighted by Gasteiger charge is -2.10. The second-order valence-corrected chi connectivity index (χ2v) is 5.74. The van der Waals surface area contributed by atoms with Crippen LogP contribution in [0.2, 0.25) is 0 Å². The SMILES string of the molecule is CCNc1cc(S(=O)(=O)NCCOCC(F)(F)F)ccn1. The third-order valence-corrected chi connectivity index (χ3v) is 3.66. The van der Waals surface area contributed by atoms with Gasteiger partial charge in [-0.15, -0.1) is 0 Å². The third-order valence-electron chi connectivity index (χ3n) is 2.20. The summed E-state index contributed by atoms with van der Waals surface area (Å²) in [6, 6.07) is 2.63. The maximum atomic E-state index is 11.9. The molecule has 6 nitrogen and oxygen atoms in total. The molecule has 0 aliphatic carbocycles. The number of sulfonamides is 1. The average Bonchev–Trinajstić information content (AvgIpc) is 2.37. The number of anilines is 1. The van der Waals surface area contributed by atoms with Crippen LogP contribution in [0.4, 0.5) is 19.0 Å². The Hall–Kier alpha value is -1.39. The minimum Gasteiger partial charge on any atom is -0.371 e. The first-order valence-electron chi connectivity index (χ1n) is 6.08. The normalized spacial score (nSPS) is 12.4. The van der Waals surface area contributed by atoms with Gasteiger partial charge >= 0.3 is 6.18 Å². The van der Waals surface area contributed by atoms with Crippen LogP contribution >= 0.6 is 0 Å². The van der Waals surface area contributed by atoms with Gasteiger partial charge < -0.3 is 10.1 Å². The molecule has 0 saturated heterocycles. The maximum Gasteiger partial charge on any atom is 0.411 e. The van der Waals surface area contributed by atoms with E-state index in [1.54, 1.807) is 0 Å². The number of nitrogens with one attached hydrogen (secondary N) is 2. The molecule has 0 unspecified atom stereocenters. The van der Waals surface area contributed by atoms with Gasteiger partial charge in [-0.05, 0) is 13.0 Å². The predicted molar refractivity (Wildman–Crippen MR) is 70.5 cm³/mol. The molecule has 10 heteroatoms. The monoisotopic (exact) mass is 327 g/mol. The summed E-state index contributed by atoms with van der Waals surface area (Å²) in [6.45, 7) is 0.379. The fourth-order valence-electron chi connectivity index (χ4n) is 1.38. The molecule has 0 radical (unpaired) electrons. The summed E-state index contributed by atoms with van der Waals surface area (Å²) in [5, 5.41) is 2.86. The van der Waals surface area contributed by atoms with E-state index in [9.17, 15) is 21.6 Å². The summed E-state index contributed by atoms with van der Waals surface area (Å²) in [4.78, 5) is 3.90.